The van der Waals surface area contributed by atoms with E-state index in [2.05, 4.69) is 10.4 Å². The van der Waals surface area contributed by atoms with E-state index in [-0.39, 0.29) is 6.54 Å². The molecule has 8 heteroatoms. The molecule has 0 aliphatic carbocycles. The number of rotatable bonds is 5. The number of hydrogen-bond donors (Lipinski definition) is 1. The van der Waals surface area contributed by atoms with Gasteiger partial charge in [0, 0.05) is 10.7 Å². The highest BCUT2D eigenvalue weighted by Crippen LogP contribution is 2.15. The third-order valence-corrected chi connectivity index (χ3v) is 5.21. The van der Waals surface area contributed by atoms with Crippen LogP contribution in [-0.4, -0.2) is 20.3 Å². The summed E-state index contributed by atoms with van der Waals surface area (Å²) in [5, 5.41) is 7.19. The van der Waals surface area contributed by atoms with Gasteiger partial charge in [-0.1, -0.05) is 60.1 Å². The SMILES string of the molecule is Cc1cccc(-n2nc(C(=O)Nc3ccccc3)c(=O)n(Cc3ccccc3Cl)c2=O)c1. The molecule has 1 heterocycles. The number of para-hydroxylation sites is 1. The molecule has 0 unspecified atom stereocenters. The maximum atomic E-state index is 13.2. The summed E-state index contributed by atoms with van der Waals surface area (Å²) in [6, 6.07) is 22.7. The van der Waals surface area contributed by atoms with Gasteiger partial charge in [-0.05, 0) is 48.4 Å². The quantitative estimate of drug-likeness (QED) is 0.507. The Bertz CT molecular complexity index is 1410. The Kier molecular flexibility index (Phi) is 6.00. The first kappa shape index (κ1) is 21.3. The molecule has 0 radical (unpaired) electrons. The molecule has 3 aromatic carbocycles. The molecule has 32 heavy (non-hydrogen) atoms. The first-order valence-corrected chi connectivity index (χ1v) is 10.2. The number of carbonyl (C=O) groups is 1. The summed E-state index contributed by atoms with van der Waals surface area (Å²) >= 11 is 6.25. The van der Waals surface area contributed by atoms with Crippen molar-refractivity contribution in [3.05, 3.63) is 122 Å². The molecule has 160 valence electrons. The van der Waals surface area contributed by atoms with Crippen molar-refractivity contribution >= 4 is 23.2 Å². The van der Waals surface area contributed by atoms with Crippen LogP contribution in [0.3, 0.4) is 0 Å². The van der Waals surface area contributed by atoms with Crippen molar-refractivity contribution in [2.75, 3.05) is 5.32 Å². The standard InChI is InChI=1S/C24H19ClN4O3/c1-16-8-7-12-19(14-16)29-24(32)28(15-17-9-5-6-13-20(17)25)23(31)21(27-29)22(30)26-18-10-3-2-4-11-18/h2-14H,15H2,1H3,(H,26,30). The highest BCUT2D eigenvalue weighted by atomic mass is 35.5. The number of amides is 1. The van der Waals surface area contributed by atoms with E-state index in [4.69, 9.17) is 11.6 Å². The zero-order chi connectivity index (χ0) is 22.7. The van der Waals surface area contributed by atoms with Crippen LogP contribution in [0.5, 0.6) is 0 Å². The normalized spacial score (nSPS) is 10.7. The Morgan fingerprint density at radius 2 is 1.69 bits per heavy atom. The molecular weight excluding hydrogens is 428 g/mol. The van der Waals surface area contributed by atoms with Crippen LogP contribution < -0.4 is 16.6 Å². The topological polar surface area (TPSA) is 86.0 Å². The van der Waals surface area contributed by atoms with Crippen molar-refractivity contribution in [1.29, 1.82) is 0 Å². The number of hydrogen-bond acceptors (Lipinski definition) is 4. The second-order valence-electron chi connectivity index (χ2n) is 7.18. The molecule has 0 atom stereocenters. The number of benzene rings is 3. The summed E-state index contributed by atoms with van der Waals surface area (Å²) in [4.78, 5) is 39.3. The Balaban J connectivity index is 1.88. The highest BCUT2D eigenvalue weighted by Gasteiger charge is 2.21. The van der Waals surface area contributed by atoms with E-state index >= 15 is 0 Å². The summed E-state index contributed by atoms with van der Waals surface area (Å²) in [5.41, 5.74) is 0.549. The minimum absolute atomic E-state index is 0.0999. The lowest BCUT2D eigenvalue weighted by Crippen LogP contribution is -2.45. The fourth-order valence-electron chi connectivity index (χ4n) is 3.23. The van der Waals surface area contributed by atoms with Crippen LogP contribution in [0.15, 0.2) is 88.5 Å². The number of aromatic nitrogens is 3. The second kappa shape index (κ2) is 9.03. The molecule has 1 aromatic heterocycles. The molecule has 0 spiro atoms. The van der Waals surface area contributed by atoms with Crippen LogP contribution in [0.2, 0.25) is 5.02 Å². The van der Waals surface area contributed by atoms with Gasteiger partial charge in [0.15, 0.2) is 0 Å². The van der Waals surface area contributed by atoms with Gasteiger partial charge >= 0.3 is 5.69 Å². The van der Waals surface area contributed by atoms with Crippen molar-refractivity contribution in [3.8, 4) is 5.69 Å². The third-order valence-electron chi connectivity index (χ3n) is 4.84. The van der Waals surface area contributed by atoms with Crippen LogP contribution in [0.4, 0.5) is 5.69 Å². The smallest absolute Gasteiger partial charge is 0.320 e. The monoisotopic (exact) mass is 446 g/mol. The van der Waals surface area contributed by atoms with Crippen molar-refractivity contribution in [2.45, 2.75) is 13.5 Å². The molecule has 0 bridgehead atoms. The molecule has 0 aliphatic heterocycles. The fourth-order valence-corrected chi connectivity index (χ4v) is 3.43. The predicted molar refractivity (Wildman–Crippen MR) is 124 cm³/mol. The second-order valence-corrected chi connectivity index (χ2v) is 7.59. The van der Waals surface area contributed by atoms with E-state index in [1.165, 1.54) is 0 Å². The van der Waals surface area contributed by atoms with Gasteiger partial charge in [-0.25, -0.2) is 4.79 Å². The molecule has 4 rings (SSSR count). The van der Waals surface area contributed by atoms with Gasteiger partial charge in [-0.2, -0.15) is 9.78 Å². The molecule has 0 saturated heterocycles. The molecule has 1 N–H and O–H groups in total. The van der Waals surface area contributed by atoms with E-state index in [1.807, 2.05) is 19.1 Å². The number of carbonyl (C=O) groups excluding carboxylic acids is 1. The van der Waals surface area contributed by atoms with Crippen LogP contribution in [-0.2, 0) is 6.54 Å². The maximum Gasteiger partial charge on any atom is 0.352 e. The number of halogens is 1. The lowest BCUT2D eigenvalue weighted by atomic mass is 10.2. The molecule has 7 nitrogen and oxygen atoms in total. The van der Waals surface area contributed by atoms with E-state index in [0.29, 0.717) is 22.0 Å². The molecule has 0 saturated carbocycles. The largest absolute Gasteiger partial charge is 0.352 e. The lowest BCUT2D eigenvalue weighted by Gasteiger charge is -2.13. The van der Waals surface area contributed by atoms with Crippen molar-refractivity contribution in [1.82, 2.24) is 14.3 Å². The van der Waals surface area contributed by atoms with Gasteiger partial charge < -0.3 is 5.32 Å². The molecule has 0 fully saturated rings. The zero-order valence-electron chi connectivity index (χ0n) is 17.2. The number of anilines is 1. The minimum atomic E-state index is -0.799. The Hall–Kier alpha value is -3.97. The average Bonchev–Trinajstić information content (AvgIpc) is 2.78. The lowest BCUT2D eigenvalue weighted by molar-refractivity contribution is 0.101. The first-order chi connectivity index (χ1) is 15.4. The highest BCUT2D eigenvalue weighted by molar-refractivity contribution is 6.31. The van der Waals surface area contributed by atoms with Gasteiger partial charge in [0.1, 0.15) is 0 Å². The zero-order valence-corrected chi connectivity index (χ0v) is 17.9. The third kappa shape index (κ3) is 4.38. The summed E-state index contributed by atoms with van der Waals surface area (Å²) in [6.07, 6.45) is 0. The van der Waals surface area contributed by atoms with Crippen LogP contribution >= 0.6 is 11.6 Å². The molecule has 0 aliphatic rings. The van der Waals surface area contributed by atoms with Crippen molar-refractivity contribution in [3.63, 3.8) is 0 Å². The Morgan fingerprint density at radius 3 is 2.41 bits per heavy atom. The first-order valence-electron chi connectivity index (χ1n) is 9.85. The summed E-state index contributed by atoms with van der Waals surface area (Å²) in [5.74, 6) is -0.712. The van der Waals surface area contributed by atoms with E-state index in [1.54, 1.807) is 66.7 Å². The van der Waals surface area contributed by atoms with Crippen LogP contribution in [0.25, 0.3) is 5.69 Å². The van der Waals surface area contributed by atoms with E-state index in [0.717, 1.165) is 14.8 Å². The molecule has 1 amide bonds. The van der Waals surface area contributed by atoms with Crippen LogP contribution in [0.1, 0.15) is 21.6 Å². The summed E-state index contributed by atoms with van der Waals surface area (Å²) in [7, 11) is 0. The number of aryl methyl sites for hydroxylation is 1. The van der Waals surface area contributed by atoms with Gasteiger partial charge in [-0.3, -0.25) is 14.2 Å². The minimum Gasteiger partial charge on any atom is -0.320 e. The van der Waals surface area contributed by atoms with Gasteiger partial charge in [-0.15, -0.1) is 0 Å². The van der Waals surface area contributed by atoms with E-state index in [9.17, 15) is 14.4 Å². The maximum absolute atomic E-state index is 13.2. The van der Waals surface area contributed by atoms with Gasteiger partial charge in [0.2, 0.25) is 5.69 Å². The number of nitrogens with zero attached hydrogens (tertiary/aromatic N) is 3. The van der Waals surface area contributed by atoms with Crippen LogP contribution in [0, 0.1) is 6.92 Å². The fraction of sp³-hybridized carbons (Fsp3) is 0.0833. The average molecular weight is 447 g/mol. The van der Waals surface area contributed by atoms with Crippen molar-refractivity contribution in [2.24, 2.45) is 0 Å². The van der Waals surface area contributed by atoms with Crippen molar-refractivity contribution < 1.29 is 4.79 Å². The summed E-state index contributed by atoms with van der Waals surface area (Å²) in [6.45, 7) is 1.77. The molecule has 4 aromatic rings. The number of nitrogens with one attached hydrogen (secondary N) is 1. The Labute approximate surface area is 188 Å². The summed E-state index contributed by atoms with van der Waals surface area (Å²) < 4.78 is 2.03. The predicted octanol–water partition coefficient (Wildman–Crippen LogP) is 3.66. The molecular formula is C24H19ClN4O3. The van der Waals surface area contributed by atoms with Gasteiger partial charge in [0.05, 0.1) is 12.2 Å². The van der Waals surface area contributed by atoms with E-state index < -0.39 is 22.9 Å². The Morgan fingerprint density at radius 1 is 0.969 bits per heavy atom. The van der Waals surface area contributed by atoms with Gasteiger partial charge in [0.25, 0.3) is 11.5 Å².